The average molecular weight is 314 g/mol. The molecule has 1 heterocycles. The first kappa shape index (κ1) is 17.3. The number of rotatable bonds is 5. The largest absolute Gasteiger partial charge is 0.342 e. The van der Waals surface area contributed by atoms with Crippen LogP contribution in [0, 0.1) is 11.8 Å². The molecule has 4 nitrogen and oxygen atoms in total. The van der Waals surface area contributed by atoms with Gasteiger partial charge in [0.05, 0.1) is 0 Å². The van der Waals surface area contributed by atoms with Crippen molar-refractivity contribution in [2.45, 2.75) is 26.7 Å². The lowest BCUT2D eigenvalue weighted by Gasteiger charge is -2.34. The van der Waals surface area contributed by atoms with Crippen LogP contribution in [0.4, 0.5) is 5.69 Å². The summed E-state index contributed by atoms with van der Waals surface area (Å²) < 4.78 is 0. The van der Waals surface area contributed by atoms with Crippen molar-refractivity contribution in [2.24, 2.45) is 11.8 Å². The summed E-state index contributed by atoms with van der Waals surface area (Å²) in [5, 5.41) is 0. The van der Waals surface area contributed by atoms with Gasteiger partial charge in [-0.2, -0.15) is 0 Å². The van der Waals surface area contributed by atoms with Crippen LogP contribution in [-0.2, 0) is 9.59 Å². The highest BCUT2D eigenvalue weighted by Crippen LogP contribution is 2.24. The number of likely N-dealkylation sites (tertiary alicyclic amines) is 1. The maximum atomic E-state index is 12.9. The van der Waals surface area contributed by atoms with E-state index < -0.39 is 0 Å². The van der Waals surface area contributed by atoms with E-state index in [0.717, 1.165) is 18.5 Å². The number of carbonyl (C=O) groups is 2. The molecule has 0 bridgehead atoms. The lowest BCUT2D eigenvalue weighted by molar-refractivity contribution is -0.137. The van der Waals surface area contributed by atoms with Crippen LogP contribution in [0.5, 0.6) is 0 Å². The van der Waals surface area contributed by atoms with Gasteiger partial charge in [-0.15, -0.1) is 6.58 Å². The fourth-order valence-corrected chi connectivity index (χ4v) is 2.99. The van der Waals surface area contributed by atoms with Crippen LogP contribution in [0.3, 0.4) is 0 Å². The van der Waals surface area contributed by atoms with Gasteiger partial charge in [0, 0.05) is 37.2 Å². The number of hydrogen-bond acceptors (Lipinski definition) is 2. The number of anilines is 1. The molecular weight excluding hydrogens is 288 g/mol. The molecule has 1 aliphatic heterocycles. The summed E-state index contributed by atoms with van der Waals surface area (Å²) in [7, 11) is 0. The number of piperidine rings is 1. The molecular formula is C19H26N2O2. The second kappa shape index (κ2) is 7.95. The van der Waals surface area contributed by atoms with Crippen LogP contribution >= 0.6 is 0 Å². The first-order valence-corrected chi connectivity index (χ1v) is 8.30. The molecule has 0 aromatic heterocycles. The maximum Gasteiger partial charge on any atom is 0.230 e. The van der Waals surface area contributed by atoms with Gasteiger partial charge in [0.1, 0.15) is 0 Å². The number of nitrogens with zero attached hydrogens (tertiary/aromatic N) is 2. The Labute approximate surface area is 138 Å². The summed E-state index contributed by atoms with van der Waals surface area (Å²) in [6.07, 6.45) is 3.22. The third-order valence-corrected chi connectivity index (χ3v) is 4.30. The molecule has 23 heavy (non-hydrogen) atoms. The zero-order valence-electron chi connectivity index (χ0n) is 14.1. The highest BCUT2D eigenvalue weighted by molar-refractivity contribution is 5.95. The quantitative estimate of drug-likeness (QED) is 0.784. The smallest absolute Gasteiger partial charge is 0.230 e. The van der Waals surface area contributed by atoms with E-state index in [1.165, 1.54) is 0 Å². The Balaban J connectivity index is 2.02. The van der Waals surface area contributed by atoms with Gasteiger partial charge in [-0.3, -0.25) is 9.59 Å². The van der Waals surface area contributed by atoms with Crippen LogP contribution in [-0.4, -0.2) is 36.3 Å². The molecule has 0 N–H and O–H groups in total. The van der Waals surface area contributed by atoms with E-state index in [1.807, 2.05) is 49.1 Å². The zero-order chi connectivity index (χ0) is 16.8. The first-order valence-electron chi connectivity index (χ1n) is 8.30. The molecule has 1 aromatic carbocycles. The van der Waals surface area contributed by atoms with Crippen molar-refractivity contribution < 1.29 is 9.59 Å². The van der Waals surface area contributed by atoms with E-state index in [9.17, 15) is 9.59 Å². The fraction of sp³-hybridized carbons (Fsp3) is 0.474. The van der Waals surface area contributed by atoms with Crippen LogP contribution in [0.25, 0.3) is 0 Å². The zero-order valence-corrected chi connectivity index (χ0v) is 14.1. The van der Waals surface area contributed by atoms with Gasteiger partial charge in [0.2, 0.25) is 11.8 Å². The summed E-state index contributed by atoms with van der Waals surface area (Å²) in [6.45, 7) is 9.45. The third-order valence-electron chi connectivity index (χ3n) is 4.30. The Morgan fingerprint density at radius 2 is 1.87 bits per heavy atom. The van der Waals surface area contributed by atoms with Gasteiger partial charge in [-0.1, -0.05) is 38.1 Å². The molecule has 4 heteroatoms. The van der Waals surface area contributed by atoms with Crippen molar-refractivity contribution in [2.75, 3.05) is 24.5 Å². The Hall–Kier alpha value is -2.10. The summed E-state index contributed by atoms with van der Waals surface area (Å²) in [6, 6.07) is 9.69. The van der Waals surface area contributed by atoms with Crippen LogP contribution < -0.4 is 4.90 Å². The SMILES string of the molecule is C=CCN(C(=O)C1CCN(C(=O)C(C)C)CC1)c1ccccc1. The van der Waals surface area contributed by atoms with Gasteiger partial charge < -0.3 is 9.80 Å². The first-order chi connectivity index (χ1) is 11.0. The summed E-state index contributed by atoms with van der Waals surface area (Å²) >= 11 is 0. The number of hydrogen-bond donors (Lipinski definition) is 0. The average Bonchev–Trinajstić information content (AvgIpc) is 2.59. The van der Waals surface area contributed by atoms with E-state index >= 15 is 0 Å². The second-order valence-electron chi connectivity index (χ2n) is 6.33. The summed E-state index contributed by atoms with van der Waals surface area (Å²) in [4.78, 5) is 28.6. The van der Waals surface area contributed by atoms with E-state index in [1.54, 1.807) is 11.0 Å². The molecule has 0 saturated carbocycles. The highest BCUT2D eigenvalue weighted by Gasteiger charge is 2.30. The minimum atomic E-state index is -0.0219. The predicted molar refractivity (Wildman–Crippen MR) is 93.1 cm³/mol. The lowest BCUT2D eigenvalue weighted by Crippen LogP contribution is -2.45. The number of carbonyl (C=O) groups excluding carboxylic acids is 2. The minimum Gasteiger partial charge on any atom is -0.342 e. The number of amides is 2. The number of benzene rings is 1. The van der Waals surface area contributed by atoms with Crippen molar-refractivity contribution >= 4 is 17.5 Å². The molecule has 0 unspecified atom stereocenters. The van der Waals surface area contributed by atoms with E-state index in [2.05, 4.69) is 6.58 Å². The standard InChI is InChI=1S/C19H26N2O2/c1-4-12-21(17-8-6-5-7-9-17)19(23)16-10-13-20(14-11-16)18(22)15(2)3/h4-9,15-16H,1,10-14H2,2-3H3. The Bertz CT molecular complexity index is 546. The molecule has 1 fully saturated rings. The minimum absolute atomic E-state index is 0.0174. The van der Waals surface area contributed by atoms with Crippen LogP contribution in [0.15, 0.2) is 43.0 Å². The van der Waals surface area contributed by atoms with Gasteiger partial charge in [-0.05, 0) is 25.0 Å². The predicted octanol–water partition coefficient (Wildman–Crippen LogP) is 3.10. The summed E-state index contributed by atoms with van der Waals surface area (Å²) in [5.41, 5.74) is 0.901. The van der Waals surface area contributed by atoms with Crippen molar-refractivity contribution in [3.63, 3.8) is 0 Å². The van der Waals surface area contributed by atoms with Gasteiger partial charge in [0.25, 0.3) is 0 Å². The summed E-state index contributed by atoms with van der Waals surface area (Å²) in [5.74, 6) is 0.310. The maximum absolute atomic E-state index is 12.9. The van der Waals surface area contributed by atoms with Crippen LogP contribution in [0.2, 0.25) is 0 Å². The molecule has 0 spiro atoms. The monoisotopic (exact) mass is 314 g/mol. The van der Waals surface area contributed by atoms with Gasteiger partial charge >= 0.3 is 0 Å². The Morgan fingerprint density at radius 3 is 2.39 bits per heavy atom. The molecule has 2 rings (SSSR count). The molecule has 124 valence electrons. The molecule has 2 amide bonds. The van der Waals surface area contributed by atoms with E-state index in [-0.39, 0.29) is 23.7 Å². The molecule has 0 aliphatic carbocycles. The molecule has 0 atom stereocenters. The van der Waals surface area contributed by atoms with Gasteiger partial charge in [0.15, 0.2) is 0 Å². The Morgan fingerprint density at radius 1 is 1.26 bits per heavy atom. The van der Waals surface area contributed by atoms with E-state index in [0.29, 0.717) is 19.6 Å². The molecule has 1 aromatic rings. The van der Waals surface area contributed by atoms with Crippen molar-refractivity contribution in [3.8, 4) is 0 Å². The van der Waals surface area contributed by atoms with Crippen molar-refractivity contribution in [1.82, 2.24) is 4.90 Å². The number of para-hydroxylation sites is 1. The van der Waals surface area contributed by atoms with Gasteiger partial charge in [-0.25, -0.2) is 0 Å². The molecule has 1 saturated heterocycles. The fourth-order valence-electron chi connectivity index (χ4n) is 2.99. The van der Waals surface area contributed by atoms with Crippen molar-refractivity contribution in [1.29, 1.82) is 0 Å². The molecule has 0 radical (unpaired) electrons. The lowest BCUT2D eigenvalue weighted by atomic mass is 9.94. The highest BCUT2D eigenvalue weighted by atomic mass is 16.2. The van der Waals surface area contributed by atoms with Crippen molar-refractivity contribution in [3.05, 3.63) is 43.0 Å². The topological polar surface area (TPSA) is 40.6 Å². The second-order valence-corrected chi connectivity index (χ2v) is 6.33. The molecule has 1 aliphatic rings. The third kappa shape index (κ3) is 4.21. The Kier molecular flexibility index (Phi) is 5.97. The van der Waals surface area contributed by atoms with E-state index in [4.69, 9.17) is 0 Å². The normalized spacial score (nSPS) is 15.5. The van der Waals surface area contributed by atoms with Crippen LogP contribution in [0.1, 0.15) is 26.7 Å².